The molecule has 1 saturated heterocycles. The first-order valence-corrected chi connectivity index (χ1v) is 11.5. The standard InChI is InChI=1S/C24H26F3N5O4/c1-15(29-22(33)13-31-14-28-19-4-3-5-20(23(19)31)32(34)35)16-6-7-21(18(12-16)24(25,26)27)36-17-8-10-30(2)11-9-17/h3-7,12,14-15,17H,8-11,13H2,1-2H3,(H,29,33). The number of halogens is 3. The van der Waals surface area contributed by atoms with Crippen LogP contribution >= 0.6 is 0 Å². The van der Waals surface area contributed by atoms with Gasteiger partial charge in [0.15, 0.2) is 0 Å². The number of amides is 1. The zero-order chi connectivity index (χ0) is 26.0. The lowest BCUT2D eigenvalue weighted by atomic mass is 10.0. The molecule has 2 aromatic carbocycles. The Morgan fingerprint density at radius 1 is 1.28 bits per heavy atom. The molecule has 0 radical (unpaired) electrons. The minimum atomic E-state index is -4.63. The number of nitro groups is 1. The first-order chi connectivity index (χ1) is 17.0. The SMILES string of the molecule is CC(NC(=O)Cn1cnc2cccc([N+](=O)[O-])c21)c1ccc(OC2CCN(C)CC2)c(C(F)(F)F)c1. The third-order valence-corrected chi connectivity index (χ3v) is 6.27. The molecule has 4 rings (SSSR count). The Bertz CT molecular complexity index is 1270. The highest BCUT2D eigenvalue weighted by molar-refractivity contribution is 5.87. The van der Waals surface area contributed by atoms with Crippen LogP contribution in [-0.2, 0) is 17.5 Å². The molecular weight excluding hydrogens is 479 g/mol. The highest BCUT2D eigenvalue weighted by atomic mass is 19.4. The molecule has 2 heterocycles. The fourth-order valence-corrected chi connectivity index (χ4v) is 4.32. The normalized spacial score (nSPS) is 16.1. The summed E-state index contributed by atoms with van der Waals surface area (Å²) in [7, 11) is 1.96. The number of nitrogens with one attached hydrogen (secondary N) is 1. The van der Waals surface area contributed by atoms with Crippen LogP contribution in [0.15, 0.2) is 42.7 Å². The molecule has 1 amide bonds. The van der Waals surface area contributed by atoms with Gasteiger partial charge in [-0.2, -0.15) is 13.2 Å². The number of fused-ring (bicyclic) bond motifs is 1. The van der Waals surface area contributed by atoms with Gasteiger partial charge in [0, 0.05) is 19.2 Å². The van der Waals surface area contributed by atoms with Gasteiger partial charge in [-0.1, -0.05) is 12.1 Å². The second-order valence-electron chi connectivity index (χ2n) is 8.94. The summed E-state index contributed by atoms with van der Waals surface area (Å²) in [6, 6.07) is 7.45. The summed E-state index contributed by atoms with van der Waals surface area (Å²) in [6.45, 7) is 2.79. The number of ether oxygens (including phenoxy) is 1. The summed E-state index contributed by atoms with van der Waals surface area (Å²) in [4.78, 5) is 29.7. The first kappa shape index (κ1) is 25.4. The number of benzene rings is 2. The van der Waals surface area contributed by atoms with Gasteiger partial charge >= 0.3 is 6.18 Å². The maximum atomic E-state index is 13.8. The lowest BCUT2D eigenvalue weighted by Crippen LogP contribution is -2.36. The number of likely N-dealkylation sites (tertiary alicyclic amines) is 1. The van der Waals surface area contributed by atoms with Gasteiger partial charge in [-0.3, -0.25) is 14.9 Å². The molecule has 1 aromatic heterocycles. The third-order valence-electron chi connectivity index (χ3n) is 6.27. The first-order valence-electron chi connectivity index (χ1n) is 11.5. The molecule has 0 bridgehead atoms. The fourth-order valence-electron chi connectivity index (χ4n) is 4.32. The summed E-state index contributed by atoms with van der Waals surface area (Å²) >= 11 is 0. The van der Waals surface area contributed by atoms with Crippen molar-refractivity contribution in [2.24, 2.45) is 0 Å². The van der Waals surface area contributed by atoms with Gasteiger partial charge < -0.3 is 19.5 Å². The van der Waals surface area contributed by atoms with Crippen LogP contribution in [-0.4, -0.2) is 51.5 Å². The smallest absolute Gasteiger partial charge is 0.419 e. The van der Waals surface area contributed by atoms with Crippen LogP contribution in [0, 0.1) is 10.1 Å². The van der Waals surface area contributed by atoms with Crippen LogP contribution in [0.2, 0.25) is 0 Å². The second kappa shape index (κ2) is 10.1. The molecule has 3 aromatic rings. The Balaban J connectivity index is 1.49. The van der Waals surface area contributed by atoms with Gasteiger partial charge in [-0.25, -0.2) is 4.98 Å². The van der Waals surface area contributed by atoms with Crippen LogP contribution in [0.25, 0.3) is 11.0 Å². The third kappa shape index (κ3) is 5.59. The van der Waals surface area contributed by atoms with E-state index in [-0.39, 0.29) is 35.2 Å². The topological polar surface area (TPSA) is 103 Å². The average Bonchev–Trinajstić information content (AvgIpc) is 3.22. The van der Waals surface area contributed by atoms with Crippen LogP contribution in [0.4, 0.5) is 18.9 Å². The Hall–Kier alpha value is -3.67. The van der Waals surface area contributed by atoms with E-state index in [1.165, 1.54) is 35.2 Å². The Kier molecular flexibility index (Phi) is 7.16. The van der Waals surface area contributed by atoms with Gasteiger partial charge in [0.1, 0.15) is 23.9 Å². The quantitative estimate of drug-likeness (QED) is 0.379. The number of non-ortho nitro benzene ring substituents is 1. The summed E-state index contributed by atoms with van der Waals surface area (Å²) in [6.07, 6.45) is -2.32. The van der Waals surface area contributed by atoms with Crippen molar-refractivity contribution in [1.82, 2.24) is 19.8 Å². The molecule has 1 N–H and O–H groups in total. The number of piperidine rings is 1. The van der Waals surface area contributed by atoms with Crippen molar-refractivity contribution >= 4 is 22.6 Å². The Morgan fingerprint density at radius 2 is 2.00 bits per heavy atom. The number of hydrogen-bond donors (Lipinski definition) is 1. The van der Waals surface area contributed by atoms with Crippen molar-refractivity contribution in [2.75, 3.05) is 20.1 Å². The molecule has 0 spiro atoms. The number of rotatable bonds is 7. The number of hydrogen-bond acceptors (Lipinski definition) is 6. The van der Waals surface area contributed by atoms with Crippen LogP contribution in [0.3, 0.4) is 0 Å². The van der Waals surface area contributed by atoms with Crippen LogP contribution in [0.5, 0.6) is 5.75 Å². The average molecular weight is 505 g/mol. The van der Waals surface area contributed by atoms with Gasteiger partial charge in [-0.15, -0.1) is 0 Å². The van der Waals surface area contributed by atoms with E-state index in [4.69, 9.17) is 4.74 Å². The van der Waals surface area contributed by atoms with Gasteiger partial charge in [0.2, 0.25) is 5.91 Å². The van der Waals surface area contributed by atoms with E-state index >= 15 is 0 Å². The van der Waals surface area contributed by atoms with Crippen molar-refractivity contribution in [3.63, 3.8) is 0 Å². The molecule has 9 nitrogen and oxygen atoms in total. The minimum Gasteiger partial charge on any atom is -0.490 e. The summed E-state index contributed by atoms with van der Waals surface area (Å²) in [5.74, 6) is -0.753. The van der Waals surface area contributed by atoms with E-state index in [1.54, 1.807) is 13.0 Å². The molecule has 0 saturated carbocycles. The molecule has 36 heavy (non-hydrogen) atoms. The zero-order valence-corrected chi connectivity index (χ0v) is 19.8. The van der Waals surface area contributed by atoms with Gasteiger partial charge in [0.05, 0.1) is 28.4 Å². The second-order valence-corrected chi connectivity index (χ2v) is 8.94. The molecule has 12 heteroatoms. The molecule has 1 aliphatic rings. The lowest BCUT2D eigenvalue weighted by molar-refractivity contribution is -0.383. The molecule has 1 atom stereocenters. The number of nitro benzene ring substituents is 1. The monoisotopic (exact) mass is 505 g/mol. The van der Waals surface area contributed by atoms with Crippen molar-refractivity contribution in [2.45, 2.75) is 44.6 Å². The number of para-hydroxylation sites is 1. The number of imidazole rings is 1. The highest BCUT2D eigenvalue weighted by Gasteiger charge is 2.36. The molecule has 1 unspecified atom stereocenters. The lowest BCUT2D eigenvalue weighted by Gasteiger charge is -2.30. The maximum absolute atomic E-state index is 13.8. The number of carbonyl (C=O) groups excluding carboxylic acids is 1. The van der Waals surface area contributed by atoms with Crippen molar-refractivity contribution in [1.29, 1.82) is 0 Å². The number of aromatic nitrogens is 2. The van der Waals surface area contributed by atoms with E-state index in [2.05, 4.69) is 15.2 Å². The largest absolute Gasteiger partial charge is 0.490 e. The zero-order valence-electron chi connectivity index (χ0n) is 19.8. The minimum absolute atomic E-state index is 0.194. The predicted molar refractivity (Wildman–Crippen MR) is 126 cm³/mol. The van der Waals surface area contributed by atoms with Crippen molar-refractivity contribution in [3.05, 3.63) is 64.0 Å². The highest BCUT2D eigenvalue weighted by Crippen LogP contribution is 2.39. The molecule has 192 valence electrons. The Labute approximate surface area is 205 Å². The number of carbonyl (C=O) groups is 1. The predicted octanol–water partition coefficient (Wildman–Crippen LogP) is 4.31. The molecular formula is C24H26F3N5O4. The van der Waals surface area contributed by atoms with E-state index in [0.29, 0.717) is 18.4 Å². The number of alkyl halides is 3. The van der Waals surface area contributed by atoms with E-state index in [0.717, 1.165) is 19.2 Å². The summed E-state index contributed by atoms with van der Waals surface area (Å²) in [5, 5.41) is 14.0. The molecule has 1 aliphatic heterocycles. The molecule has 1 fully saturated rings. The van der Waals surface area contributed by atoms with Gasteiger partial charge in [0.25, 0.3) is 5.69 Å². The summed E-state index contributed by atoms with van der Waals surface area (Å²) < 4.78 is 48.6. The van der Waals surface area contributed by atoms with E-state index < -0.39 is 28.6 Å². The van der Waals surface area contributed by atoms with Crippen LogP contribution < -0.4 is 10.1 Å². The van der Waals surface area contributed by atoms with E-state index in [1.807, 2.05) is 7.05 Å². The summed E-state index contributed by atoms with van der Waals surface area (Å²) in [5.41, 5.74) is -0.273. The fraction of sp³-hybridized carbons (Fsp3) is 0.417. The van der Waals surface area contributed by atoms with Crippen molar-refractivity contribution in [3.8, 4) is 5.75 Å². The molecule has 0 aliphatic carbocycles. The van der Waals surface area contributed by atoms with Crippen molar-refractivity contribution < 1.29 is 27.6 Å². The van der Waals surface area contributed by atoms with Gasteiger partial charge in [-0.05, 0) is 50.6 Å². The van der Waals surface area contributed by atoms with E-state index in [9.17, 15) is 28.1 Å². The Morgan fingerprint density at radius 3 is 2.67 bits per heavy atom. The van der Waals surface area contributed by atoms with Crippen LogP contribution in [0.1, 0.15) is 36.9 Å². The maximum Gasteiger partial charge on any atom is 0.419 e. The number of nitrogens with zero attached hydrogens (tertiary/aromatic N) is 4.